The number of benzene rings is 8. The van der Waals surface area contributed by atoms with Gasteiger partial charge >= 0.3 is 0 Å². The molecule has 2 aliphatic rings. The molecule has 2 aromatic heterocycles. The minimum absolute atomic E-state index is 0.753. The number of fused-ring (bicyclic) bond motifs is 6. The Balaban J connectivity index is 0.958. The molecule has 3 nitrogen and oxygen atoms in total. The Labute approximate surface area is 402 Å². The zero-order valence-electron chi connectivity index (χ0n) is 38.2. The van der Waals surface area contributed by atoms with Crippen LogP contribution >= 0.6 is 0 Å². The van der Waals surface area contributed by atoms with E-state index in [1.54, 1.807) is 0 Å². The topological polar surface area (TPSA) is 21.3 Å². The van der Waals surface area contributed by atoms with Crippen molar-refractivity contribution in [3.05, 3.63) is 277 Å². The molecule has 0 fully saturated rings. The summed E-state index contributed by atoms with van der Waals surface area (Å²) in [5, 5.41) is 5.81. The molecule has 0 spiro atoms. The third kappa shape index (κ3) is 7.80. The second-order valence-electron chi connectivity index (χ2n) is 17.6. The van der Waals surface area contributed by atoms with E-state index in [0.717, 1.165) is 85.3 Å². The van der Waals surface area contributed by atoms with E-state index < -0.39 is 0 Å². The minimum Gasteiger partial charge on any atom is -0.455 e. The smallest absolute Gasteiger partial charge is 0.143 e. The number of hydrogen-bond acceptors (Lipinski definition) is 2. The number of hydrogen-bond donors (Lipinski definition) is 0. The third-order valence-electron chi connectivity index (χ3n) is 13.5. The maximum atomic E-state index is 6.50. The molecule has 0 atom stereocenters. The van der Waals surface area contributed by atoms with Gasteiger partial charge in [0.25, 0.3) is 0 Å². The van der Waals surface area contributed by atoms with Gasteiger partial charge in [0, 0.05) is 44.2 Å². The zero-order chi connectivity index (χ0) is 46.1. The van der Waals surface area contributed by atoms with Gasteiger partial charge in [-0.3, -0.25) is 0 Å². The minimum atomic E-state index is 0.753. The number of allylic oxidation sites excluding steroid dienone is 12. The van der Waals surface area contributed by atoms with Crippen molar-refractivity contribution >= 4 is 84.4 Å². The van der Waals surface area contributed by atoms with E-state index in [0.29, 0.717) is 0 Å². The highest BCUT2D eigenvalue weighted by Crippen LogP contribution is 2.41. The van der Waals surface area contributed by atoms with Crippen LogP contribution in [0.15, 0.2) is 259 Å². The number of furan rings is 1. The Morgan fingerprint density at radius 2 is 1.23 bits per heavy atom. The van der Waals surface area contributed by atoms with Crippen LogP contribution in [0.1, 0.15) is 35.3 Å². The van der Waals surface area contributed by atoms with E-state index in [1.807, 2.05) is 6.08 Å². The second-order valence-corrected chi connectivity index (χ2v) is 17.6. The lowest BCUT2D eigenvalue weighted by atomic mass is 9.92. The molecule has 2 aliphatic carbocycles. The van der Waals surface area contributed by atoms with E-state index >= 15 is 0 Å². The summed E-state index contributed by atoms with van der Waals surface area (Å²) < 4.78 is 8.88. The quantitative estimate of drug-likeness (QED) is 0.136. The summed E-state index contributed by atoms with van der Waals surface area (Å²) in [6.07, 6.45) is 27.8. The van der Waals surface area contributed by atoms with Crippen molar-refractivity contribution in [2.24, 2.45) is 0 Å². The van der Waals surface area contributed by atoms with Gasteiger partial charge in [0.1, 0.15) is 11.3 Å². The highest BCUT2D eigenvalue weighted by molar-refractivity contribution is 6.10. The van der Waals surface area contributed by atoms with E-state index in [4.69, 9.17) is 4.42 Å². The monoisotopic (exact) mass is 884 g/mol. The summed E-state index contributed by atoms with van der Waals surface area (Å²) >= 11 is 0. The first-order valence-corrected chi connectivity index (χ1v) is 23.7. The van der Waals surface area contributed by atoms with E-state index in [2.05, 4.69) is 265 Å². The molecule has 10 aromatic rings. The van der Waals surface area contributed by atoms with Gasteiger partial charge in [-0.1, -0.05) is 189 Å². The standard InChI is InChI=1S/C66H48N2O/c1-2-65-59(60-43-36-49-22-9-11-26-56(49)66(60)69-65)42-37-51-23-10-14-29-62(51)67(54-40-34-50(35-41-54)61(48-20-7-4-8-21-48)44-46-18-5-3-6-19-46)53-38-32-47(33-39-53)52-24-17-25-55(45-52)68-63-30-15-12-27-57(63)58-28-13-16-31-64(58)68/h2-18,20,22-45H,1,19,21H2/b42-37+,46-44-,61-48+. The van der Waals surface area contributed by atoms with Crippen molar-refractivity contribution in [3.8, 4) is 16.8 Å². The first kappa shape index (κ1) is 41.5. The van der Waals surface area contributed by atoms with Gasteiger partial charge in [0.05, 0.1) is 16.7 Å². The summed E-state index contributed by atoms with van der Waals surface area (Å²) in [4.78, 5) is 2.38. The van der Waals surface area contributed by atoms with Crippen LogP contribution in [-0.4, -0.2) is 4.57 Å². The SMILES string of the molecule is C=Cc1oc2c(ccc3ccccc32)c1/C=C/c1ccccc1N(c1ccc(C(/C=C2/C=CC=CC2)=C2\C=CC=CC2)cc1)c1ccc(-c2cccc(-n3c4ccccc4c4ccccc43)c2)cc1. The zero-order valence-corrected chi connectivity index (χ0v) is 38.2. The number of nitrogens with zero attached hydrogens (tertiary/aromatic N) is 2. The number of rotatable bonds is 10. The van der Waals surface area contributed by atoms with Crippen LogP contribution < -0.4 is 4.90 Å². The predicted molar refractivity (Wildman–Crippen MR) is 294 cm³/mol. The summed E-state index contributed by atoms with van der Waals surface area (Å²) in [7, 11) is 0. The van der Waals surface area contributed by atoms with Gasteiger partial charge in [0.15, 0.2) is 0 Å². The van der Waals surface area contributed by atoms with E-state index in [-0.39, 0.29) is 0 Å². The molecule has 0 aliphatic heterocycles. The van der Waals surface area contributed by atoms with Crippen LogP contribution in [0.4, 0.5) is 17.1 Å². The molecule has 0 unspecified atom stereocenters. The average Bonchev–Trinajstić information content (AvgIpc) is 3.97. The molecule has 0 radical (unpaired) electrons. The molecule has 0 amide bonds. The molecular weight excluding hydrogens is 837 g/mol. The van der Waals surface area contributed by atoms with Crippen molar-refractivity contribution in [2.45, 2.75) is 12.8 Å². The molecule has 0 bridgehead atoms. The Hall–Kier alpha value is -8.92. The van der Waals surface area contributed by atoms with Crippen LogP contribution in [0, 0.1) is 0 Å². The molecule has 0 saturated heterocycles. The van der Waals surface area contributed by atoms with Crippen LogP contribution in [0.5, 0.6) is 0 Å². The van der Waals surface area contributed by atoms with Gasteiger partial charge in [-0.25, -0.2) is 0 Å². The highest BCUT2D eigenvalue weighted by Gasteiger charge is 2.19. The van der Waals surface area contributed by atoms with Crippen LogP contribution in [0.25, 0.3) is 84.2 Å². The lowest BCUT2D eigenvalue weighted by molar-refractivity contribution is 0.607. The van der Waals surface area contributed by atoms with Gasteiger partial charge < -0.3 is 13.9 Å². The van der Waals surface area contributed by atoms with Gasteiger partial charge in [0.2, 0.25) is 0 Å². The fourth-order valence-corrected chi connectivity index (χ4v) is 10.1. The first-order valence-electron chi connectivity index (χ1n) is 23.7. The van der Waals surface area contributed by atoms with Gasteiger partial charge in [-0.15, -0.1) is 0 Å². The summed E-state index contributed by atoms with van der Waals surface area (Å²) in [6.45, 7) is 4.14. The summed E-state index contributed by atoms with van der Waals surface area (Å²) in [5.74, 6) is 0.753. The van der Waals surface area contributed by atoms with Crippen LogP contribution in [0.2, 0.25) is 0 Å². The summed E-state index contributed by atoms with van der Waals surface area (Å²) in [5.41, 5.74) is 17.0. The average molecular weight is 885 g/mol. The van der Waals surface area contributed by atoms with Crippen molar-refractivity contribution in [1.82, 2.24) is 4.57 Å². The lowest BCUT2D eigenvalue weighted by Crippen LogP contribution is -2.11. The number of para-hydroxylation sites is 3. The summed E-state index contributed by atoms with van der Waals surface area (Å²) in [6, 6.07) is 65.7. The van der Waals surface area contributed by atoms with Crippen molar-refractivity contribution < 1.29 is 4.42 Å². The maximum Gasteiger partial charge on any atom is 0.143 e. The normalized spacial score (nSPS) is 14.8. The molecule has 69 heavy (non-hydrogen) atoms. The molecule has 0 saturated carbocycles. The molecule has 0 N–H and O–H groups in total. The Morgan fingerprint density at radius 3 is 1.96 bits per heavy atom. The largest absolute Gasteiger partial charge is 0.455 e. The van der Waals surface area contributed by atoms with Crippen molar-refractivity contribution in [1.29, 1.82) is 0 Å². The molecule has 8 aromatic carbocycles. The fraction of sp³-hybridized carbons (Fsp3) is 0.0303. The van der Waals surface area contributed by atoms with Crippen molar-refractivity contribution in [3.63, 3.8) is 0 Å². The molecule has 3 heteroatoms. The Morgan fingerprint density at radius 1 is 0.551 bits per heavy atom. The lowest BCUT2D eigenvalue weighted by Gasteiger charge is -2.27. The molecular formula is C66H48N2O. The number of aromatic nitrogens is 1. The van der Waals surface area contributed by atoms with Crippen LogP contribution in [0.3, 0.4) is 0 Å². The van der Waals surface area contributed by atoms with Crippen LogP contribution in [-0.2, 0) is 0 Å². The van der Waals surface area contributed by atoms with Crippen molar-refractivity contribution in [2.75, 3.05) is 4.90 Å². The fourth-order valence-electron chi connectivity index (χ4n) is 10.1. The van der Waals surface area contributed by atoms with E-state index in [9.17, 15) is 0 Å². The third-order valence-corrected chi connectivity index (χ3v) is 13.5. The van der Waals surface area contributed by atoms with E-state index in [1.165, 1.54) is 44.1 Å². The predicted octanol–water partition coefficient (Wildman–Crippen LogP) is 18.3. The molecule has 2 heterocycles. The Kier molecular flexibility index (Phi) is 10.9. The Bertz CT molecular complexity index is 3790. The van der Waals surface area contributed by atoms with Gasteiger partial charge in [-0.2, -0.15) is 0 Å². The maximum absolute atomic E-state index is 6.50. The first-order chi connectivity index (χ1) is 34.2. The van der Waals surface area contributed by atoms with Gasteiger partial charge in [-0.05, 0) is 130 Å². The molecule has 328 valence electrons. The number of anilines is 3. The second kappa shape index (κ2) is 18.0. The molecule has 12 rings (SSSR count). The highest BCUT2D eigenvalue weighted by atomic mass is 16.3.